The van der Waals surface area contributed by atoms with E-state index in [0.717, 1.165) is 5.56 Å². The summed E-state index contributed by atoms with van der Waals surface area (Å²) in [7, 11) is 0. The van der Waals surface area contributed by atoms with Crippen molar-refractivity contribution in [1.29, 1.82) is 0 Å². The average molecular weight is 392 g/mol. The van der Waals surface area contributed by atoms with Crippen molar-refractivity contribution in [2.75, 3.05) is 5.32 Å². The van der Waals surface area contributed by atoms with Crippen LogP contribution in [0.4, 0.5) is 5.69 Å². The molecular weight excluding hydrogens is 378 g/mol. The van der Waals surface area contributed by atoms with Crippen molar-refractivity contribution in [3.63, 3.8) is 0 Å². The van der Waals surface area contributed by atoms with Crippen molar-refractivity contribution < 1.29 is 14.1 Å². The van der Waals surface area contributed by atoms with Crippen LogP contribution in [0, 0.1) is 0 Å². The Kier molecular flexibility index (Phi) is 5.03. The molecule has 0 atom stereocenters. The molecule has 138 valence electrons. The number of ether oxygens (including phenoxy) is 1. The van der Waals surface area contributed by atoms with Gasteiger partial charge in [0.2, 0.25) is 5.76 Å². The number of halogens is 1. The number of benzene rings is 2. The molecule has 0 aliphatic carbocycles. The zero-order chi connectivity index (χ0) is 19.3. The number of anilines is 1. The van der Waals surface area contributed by atoms with Gasteiger partial charge in [0, 0.05) is 40.8 Å². The molecular formula is C21H14ClN3O3. The highest BCUT2D eigenvalue weighted by molar-refractivity contribution is 6.30. The van der Waals surface area contributed by atoms with Gasteiger partial charge in [-0.3, -0.25) is 9.78 Å². The van der Waals surface area contributed by atoms with Gasteiger partial charge in [0.05, 0.1) is 0 Å². The molecule has 28 heavy (non-hydrogen) atoms. The fourth-order valence-electron chi connectivity index (χ4n) is 2.54. The molecule has 7 heteroatoms. The zero-order valence-electron chi connectivity index (χ0n) is 14.5. The van der Waals surface area contributed by atoms with Gasteiger partial charge >= 0.3 is 0 Å². The minimum absolute atomic E-state index is 0.0930. The van der Waals surface area contributed by atoms with Crippen LogP contribution in [0.3, 0.4) is 0 Å². The summed E-state index contributed by atoms with van der Waals surface area (Å²) in [5, 5.41) is 7.29. The van der Waals surface area contributed by atoms with Crippen LogP contribution in [0.15, 0.2) is 83.6 Å². The summed E-state index contributed by atoms with van der Waals surface area (Å²) in [4.78, 5) is 16.4. The van der Waals surface area contributed by atoms with Gasteiger partial charge in [-0.15, -0.1) is 0 Å². The minimum Gasteiger partial charge on any atom is -0.457 e. The maximum absolute atomic E-state index is 12.5. The van der Waals surface area contributed by atoms with E-state index in [-0.39, 0.29) is 5.76 Å². The molecule has 2 aromatic heterocycles. The number of hydrogen-bond donors (Lipinski definition) is 1. The molecule has 0 spiro atoms. The Morgan fingerprint density at radius 3 is 2.61 bits per heavy atom. The number of carbonyl (C=O) groups is 1. The predicted octanol–water partition coefficient (Wildman–Crippen LogP) is 5.43. The lowest BCUT2D eigenvalue weighted by molar-refractivity contribution is 0.0988. The topological polar surface area (TPSA) is 77.2 Å². The van der Waals surface area contributed by atoms with Gasteiger partial charge in [-0.25, -0.2) is 0 Å². The van der Waals surface area contributed by atoms with Crippen LogP contribution in [-0.4, -0.2) is 16.0 Å². The second-order valence-electron chi connectivity index (χ2n) is 5.85. The van der Waals surface area contributed by atoms with Gasteiger partial charge in [0.15, 0.2) is 0 Å². The Bertz CT molecular complexity index is 1110. The Balaban J connectivity index is 1.47. The second kappa shape index (κ2) is 7.94. The zero-order valence-corrected chi connectivity index (χ0v) is 15.3. The van der Waals surface area contributed by atoms with Gasteiger partial charge in [-0.05, 0) is 36.4 Å². The smallest absolute Gasteiger partial charge is 0.294 e. The number of carbonyl (C=O) groups excluding carboxylic acids is 1. The number of hydrogen-bond acceptors (Lipinski definition) is 5. The summed E-state index contributed by atoms with van der Waals surface area (Å²) in [5.41, 5.74) is 1.86. The molecule has 1 amide bonds. The van der Waals surface area contributed by atoms with E-state index in [9.17, 15) is 4.79 Å². The van der Waals surface area contributed by atoms with E-state index in [1.165, 1.54) is 0 Å². The standard InChI is InChI=1S/C21H14ClN3O3/c22-15-4-1-3-14(11-15)19-13-20(28-25-19)21(26)24-16-5-2-6-18(12-16)27-17-7-9-23-10-8-17/h1-13H,(H,24,26). The Morgan fingerprint density at radius 1 is 0.964 bits per heavy atom. The number of nitrogens with one attached hydrogen (secondary N) is 1. The molecule has 1 N–H and O–H groups in total. The van der Waals surface area contributed by atoms with Crippen LogP contribution in [0.1, 0.15) is 10.6 Å². The van der Waals surface area contributed by atoms with Crippen LogP contribution in [0.2, 0.25) is 5.02 Å². The van der Waals surface area contributed by atoms with Crippen molar-refractivity contribution in [2.45, 2.75) is 0 Å². The Morgan fingerprint density at radius 2 is 1.79 bits per heavy atom. The summed E-state index contributed by atoms with van der Waals surface area (Å²) in [6.45, 7) is 0. The monoisotopic (exact) mass is 391 g/mol. The molecule has 0 fully saturated rings. The van der Waals surface area contributed by atoms with Crippen LogP contribution in [0.25, 0.3) is 11.3 Å². The molecule has 6 nitrogen and oxygen atoms in total. The highest BCUT2D eigenvalue weighted by Crippen LogP contribution is 2.25. The summed E-state index contributed by atoms with van der Waals surface area (Å²) in [6, 6.07) is 19.3. The number of nitrogens with zero attached hydrogens (tertiary/aromatic N) is 2. The quantitative estimate of drug-likeness (QED) is 0.490. The van der Waals surface area contributed by atoms with Crippen molar-refractivity contribution in [3.05, 3.63) is 89.9 Å². The van der Waals surface area contributed by atoms with Crippen molar-refractivity contribution in [2.24, 2.45) is 0 Å². The first-order valence-electron chi connectivity index (χ1n) is 8.39. The van der Waals surface area contributed by atoms with E-state index in [0.29, 0.717) is 27.9 Å². The van der Waals surface area contributed by atoms with Gasteiger partial charge in [-0.2, -0.15) is 0 Å². The van der Waals surface area contributed by atoms with E-state index in [4.69, 9.17) is 20.9 Å². The molecule has 4 aromatic rings. The fraction of sp³-hybridized carbons (Fsp3) is 0. The summed E-state index contributed by atoms with van der Waals surface area (Å²) in [5.74, 6) is 0.915. The molecule has 0 aliphatic rings. The van der Waals surface area contributed by atoms with E-state index < -0.39 is 5.91 Å². The molecule has 0 aliphatic heterocycles. The first-order chi connectivity index (χ1) is 13.7. The lowest BCUT2D eigenvalue weighted by atomic mass is 10.1. The third kappa shape index (κ3) is 4.19. The maximum Gasteiger partial charge on any atom is 0.294 e. The molecule has 0 unspecified atom stereocenters. The van der Waals surface area contributed by atoms with Crippen molar-refractivity contribution in [1.82, 2.24) is 10.1 Å². The van der Waals surface area contributed by atoms with E-state index in [2.05, 4.69) is 15.5 Å². The molecule has 0 radical (unpaired) electrons. The number of amides is 1. The SMILES string of the molecule is O=C(Nc1cccc(Oc2ccncc2)c1)c1cc(-c2cccc(Cl)c2)no1. The largest absolute Gasteiger partial charge is 0.457 e. The molecule has 2 aromatic carbocycles. The van der Waals surface area contributed by atoms with Crippen molar-refractivity contribution in [3.8, 4) is 22.8 Å². The van der Waals surface area contributed by atoms with E-state index in [1.54, 1.807) is 73.1 Å². The molecule has 0 bridgehead atoms. The highest BCUT2D eigenvalue weighted by atomic mass is 35.5. The third-order valence-electron chi connectivity index (χ3n) is 3.83. The fourth-order valence-corrected chi connectivity index (χ4v) is 2.73. The van der Waals surface area contributed by atoms with E-state index >= 15 is 0 Å². The van der Waals surface area contributed by atoms with Gasteiger partial charge < -0.3 is 14.6 Å². The summed E-state index contributed by atoms with van der Waals surface area (Å²) >= 11 is 5.99. The first kappa shape index (κ1) is 17.8. The highest BCUT2D eigenvalue weighted by Gasteiger charge is 2.15. The van der Waals surface area contributed by atoms with Gasteiger partial charge in [0.25, 0.3) is 5.91 Å². The minimum atomic E-state index is -0.415. The van der Waals surface area contributed by atoms with Crippen molar-refractivity contribution >= 4 is 23.2 Å². The van der Waals surface area contributed by atoms with Gasteiger partial charge in [-0.1, -0.05) is 35.0 Å². The Hall–Kier alpha value is -3.64. The van der Waals surface area contributed by atoms with Crippen LogP contribution in [0.5, 0.6) is 11.5 Å². The molecule has 2 heterocycles. The van der Waals surface area contributed by atoms with Crippen LogP contribution >= 0.6 is 11.6 Å². The lowest BCUT2D eigenvalue weighted by Gasteiger charge is -2.07. The summed E-state index contributed by atoms with van der Waals surface area (Å²) in [6.07, 6.45) is 3.28. The number of aromatic nitrogens is 2. The average Bonchev–Trinajstić information content (AvgIpc) is 3.20. The first-order valence-corrected chi connectivity index (χ1v) is 8.77. The normalized spacial score (nSPS) is 10.5. The molecule has 0 saturated heterocycles. The van der Waals surface area contributed by atoms with E-state index in [1.807, 2.05) is 6.07 Å². The summed E-state index contributed by atoms with van der Waals surface area (Å²) < 4.78 is 10.9. The second-order valence-corrected chi connectivity index (χ2v) is 6.29. The van der Waals surface area contributed by atoms with Crippen LogP contribution in [-0.2, 0) is 0 Å². The molecule has 4 rings (SSSR count). The Labute approximate surface area is 165 Å². The number of rotatable bonds is 5. The van der Waals surface area contributed by atoms with Crippen LogP contribution < -0.4 is 10.1 Å². The number of pyridine rings is 1. The lowest BCUT2D eigenvalue weighted by Crippen LogP contribution is -2.10. The third-order valence-corrected chi connectivity index (χ3v) is 4.07. The molecule has 0 saturated carbocycles. The van der Waals surface area contributed by atoms with Gasteiger partial charge in [0.1, 0.15) is 17.2 Å². The maximum atomic E-state index is 12.5. The predicted molar refractivity (Wildman–Crippen MR) is 106 cm³/mol.